The number of rotatable bonds is 7. The first-order valence-electron chi connectivity index (χ1n) is 8.02. The van der Waals surface area contributed by atoms with E-state index in [2.05, 4.69) is 28.3 Å². The van der Waals surface area contributed by atoms with Gasteiger partial charge in [-0.05, 0) is 23.8 Å². The van der Waals surface area contributed by atoms with E-state index in [1.54, 1.807) is 19.2 Å². The molecule has 0 aliphatic heterocycles. The van der Waals surface area contributed by atoms with Crippen LogP contribution in [-0.4, -0.2) is 19.6 Å². The molecule has 0 aromatic heterocycles. The number of halogens is 1. The van der Waals surface area contributed by atoms with Crippen molar-refractivity contribution in [1.29, 1.82) is 5.26 Å². The third kappa shape index (κ3) is 6.76. The predicted octanol–water partition coefficient (Wildman–Crippen LogP) is 3.61. The van der Waals surface area contributed by atoms with Crippen LogP contribution >= 0.6 is 24.0 Å². The summed E-state index contributed by atoms with van der Waals surface area (Å²) in [6.45, 7) is 5.32. The molecule has 0 unspecified atom stereocenters. The molecule has 0 radical (unpaired) electrons. The van der Waals surface area contributed by atoms with Gasteiger partial charge in [0.15, 0.2) is 5.96 Å². The molecule has 2 rings (SSSR count). The van der Waals surface area contributed by atoms with Crippen LogP contribution in [0.1, 0.15) is 16.7 Å². The number of para-hydroxylation sites is 1. The highest BCUT2D eigenvalue weighted by molar-refractivity contribution is 14.0. The van der Waals surface area contributed by atoms with Crippen LogP contribution in [0.3, 0.4) is 0 Å². The number of hydrogen-bond donors (Lipinski definition) is 2. The first-order chi connectivity index (χ1) is 12.3. The number of nitrogens with zero attached hydrogens (tertiary/aromatic N) is 2. The Bertz CT molecular complexity index is 783. The van der Waals surface area contributed by atoms with Gasteiger partial charge in [0.05, 0.1) is 11.6 Å². The van der Waals surface area contributed by atoms with Gasteiger partial charge in [0.1, 0.15) is 12.4 Å². The highest BCUT2D eigenvalue weighted by Gasteiger charge is 2.04. The standard InChI is InChI=1S/C20H22N4O.HI/c1-3-11-25-19-10-5-4-9-18(19)15-24-20(22-2)23-14-17-8-6-7-16(12-17)13-21;/h3-10,12H,1,11,14-15H2,2H3,(H2,22,23,24);1H. The van der Waals surface area contributed by atoms with Crippen LogP contribution in [0.15, 0.2) is 66.2 Å². The van der Waals surface area contributed by atoms with Gasteiger partial charge < -0.3 is 15.4 Å². The molecule has 0 atom stereocenters. The largest absolute Gasteiger partial charge is 0.489 e. The smallest absolute Gasteiger partial charge is 0.191 e. The average Bonchev–Trinajstić information content (AvgIpc) is 2.67. The number of nitrogens with one attached hydrogen (secondary N) is 2. The number of nitriles is 1. The van der Waals surface area contributed by atoms with E-state index in [-0.39, 0.29) is 24.0 Å². The van der Waals surface area contributed by atoms with Gasteiger partial charge in [0, 0.05) is 25.7 Å². The van der Waals surface area contributed by atoms with Crippen molar-refractivity contribution >= 4 is 29.9 Å². The minimum absolute atomic E-state index is 0. The van der Waals surface area contributed by atoms with E-state index >= 15 is 0 Å². The number of aliphatic imine (C=N–C) groups is 1. The van der Waals surface area contributed by atoms with Crippen LogP contribution in [0.2, 0.25) is 0 Å². The molecule has 0 amide bonds. The fourth-order valence-electron chi connectivity index (χ4n) is 2.28. The normalized spacial score (nSPS) is 10.2. The van der Waals surface area contributed by atoms with Gasteiger partial charge in [-0.15, -0.1) is 24.0 Å². The fraction of sp³-hybridized carbons (Fsp3) is 0.200. The van der Waals surface area contributed by atoms with E-state index in [0.717, 1.165) is 16.9 Å². The molecule has 2 aromatic carbocycles. The van der Waals surface area contributed by atoms with Crippen LogP contribution in [0.25, 0.3) is 0 Å². The lowest BCUT2D eigenvalue weighted by Crippen LogP contribution is -2.36. The zero-order chi connectivity index (χ0) is 17.9. The summed E-state index contributed by atoms with van der Waals surface area (Å²) in [5.41, 5.74) is 2.71. The molecule has 136 valence electrons. The molecule has 5 nitrogen and oxygen atoms in total. The molecule has 6 heteroatoms. The van der Waals surface area contributed by atoms with Crippen molar-refractivity contribution in [3.05, 3.63) is 77.9 Å². The Morgan fingerprint density at radius 3 is 2.69 bits per heavy atom. The molecule has 0 fully saturated rings. The van der Waals surface area contributed by atoms with E-state index in [0.29, 0.717) is 31.2 Å². The lowest BCUT2D eigenvalue weighted by atomic mass is 10.1. The minimum atomic E-state index is 0. The zero-order valence-corrected chi connectivity index (χ0v) is 17.1. The summed E-state index contributed by atoms with van der Waals surface area (Å²) in [7, 11) is 1.72. The molecule has 0 aliphatic rings. The van der Waals surface area contributed by atoms with E-state index in [4.69, 9.17) is 10.00 Å². The first-order valence-corrected chi connectivity index (χ1v) is 8.02. The maximum Gasteiger partial charge on any atom is 0.191 e. The number of guanidine groups is 1. The summed E-state index contributed by atoms with van der Waals surface area (Å²) in [4.78, 5) is 4.23. The summed E-state index contributed by atoms with van der Waals surface area (Å²) >= 11 is 0. The number of benzene rings is 2. The van der Waals surface area contributed by atoms with Crippen molar-refractivity contribution in [2.45, 2.75) is 13.1 Å². The van der Waals surface area contributed by atoms with Crippen LogP contribution in [-0.2, 0) is 13.1 Å². The maximum absolute atomic E-state index is 8.96. The van der Waals surface area contributed by atoms with E-state index in [9.17, 15) is 0 Å². The number of ether oxygens (including phenoxy) is 1. The lowest BCUT2D eigenvalue weighted by molar-refractivity contribution is 0.358. The summed E-state index contributed by atoms with van der Waals surface area (Å²) in [5, 5.41) is 15.5. The van der Waals surface area contributed by atoms with Gasteiger partial charge in [0.2, 0.25) is 0 Å². The fourth-order valence-corrected chi connectivity index (χ4v) is 2.28. The highest BCUT2D eigenvalue weighted by atomic mass is 127. The maximum atomic E-state index is 8.96. The Morgan fingerprint density at radius 2 is 1.96 bits per heavy atom. The summed E-state index contributed by atoms with van der Waals surface area (Å²) in [6.07, 6.45) is 1.72. The van der Waals surface area contributed by atoms with Crippen molar-refractivity contribution in [3.63, 3.8) is 0 Å². The summed E-state index contributed by atoms with van der Waals surface area (Å²) < 4.78 is 5.66. The van der Waals surface area contributed by atoms with Crippen LogP contribution in [0.4, 0.5) is 0 Å². The summed E-state index contributed by atoms with van der Waals surface area (Å²) in [5.74, 6) is 1.51. The molecular weight excluding hydrogens is 439 g/mol. The molecule has 2 aromatic rings. The molecule has 0 aliphatic carbocycles. The van der Waals surface area contributed by atoms with Crippen molar-refractivity contribution in [2.75, 3.05) is 13.7 Å². The van der Waals surface area contributed by atoms with Crippen molar-refractivity contribution in [3.8, 4) is 11.8 Å². The Balaban J connectivity index is 0.00000338. The monoisotopic (exact) mass is 462 g/mol. The summed E-state index contributed by atoms with van der Waals surface area (Å²) in [6, 6.07) is 17.5. The molecule has 2 N–H and O–H groups in total. The highest BCUT2D eigenvalue weighted by Crippen LogP contribution is 2.17. The Morgan fingerprint density at radius 1 is 1.19 bits per heavy atom. The molecule has 0 saturated carbocycles. The second kappa shape index (κ2) is 11.9. The van der Waals surface area contributed by atoms with Gasteiger partial charge in [-0.25, -0.2) is 0 Å². The average molecular weight is 462 g/mol. The third-order valence-electron chi connectivity index (χ3n) is 3.52. The van der Waals surface area contributed by atoms with Gasteiger partial charge in [-0.3, -0.25) is 4.99 Å². The molecule has 26 heavy (non-hydrogen) atoms. The number of hydrogen-bond acceptors (Lipinski definition) is 3. The van der Waals surface area contributed by atoms with E-state index in [1.807, 2.05) is 42.5 Å². The van der Waals surface area contributed by atoms with Crippen molar-refractivity contribution in [1.82, 2.24) is 10.6 Å². The Labute approximate surface area is 171 Å². The SMILES string of the molecule is C=CCOc1ccccc1CNC(=NC)NCc1cccc(C#N)c1.I. The van der Waals surface area contributed by atoms with Gasteiger partial charge >= 0.3 is 0 Å². The molecular formula is C20H23IN4O. The quantitative estimate of drug-likeness (QED) is 0.286. The van der Waals surface area contributed by atoms with Crippen molar-refractivity contribution < 1.29 is 4.74 Å². The molecule has 0 spiro atoms. The molecule has 0 bridgehead atoms. The van der Waals surface area contributed by atoms with Crippen molar-refractivity contribution in [2.24, 2.45) is 4.99 Å². The molecule has 0 heterocycles. The predicted molar refractivity (Wildman–Crippen MR) is 116 cm³/mol. The van der Waals surface area contributed by atoms with E-state index in [1.165, 1.54) is 0 Å². The van der Waals surface area contributed by atoms with Gasteiger partial charge in [0.25, 0.3) is 0 Å². The second-order valence-electron chi connectivity index (χ2n) is 5.30. The zero-order valence-electron chi connectivity index (χ0n) is 14.7. The second-order valence-corrected chi connectivity index (χ2v) is 5.30. The van der Waals surface area contributed by atoms with Gasteiger partial charge in [-0.2, -0.15) is 5.26 Å². The Hall–Kier alpha value is -2.53. The topological polar surface area (TPSA) is 69.4 Å². The lowest BCUT2D eigenvalue weighted by Gasteiger charge is -2.14. The molecule has 0 saturated heterocycles. The third-order valence-corrected chi connectivity index (χ3v) is 3.52. The minimum Gasteiger partial charge on any atom is -0.489 e. The van der Waals surface area contributed by atoms with Crippen LogP contribution in [0, 0.1) is 11.3 Å². The first kappa shape index (κ1) is 21.5. The van der Waals surface area contributed by atoms with Crippen LogP contribution in [0.5, 0.6) is 5.75 Å². The van der Waals surface area contributed by atoms with Gasteiger partial charge in [-0.1, -0.05) is 43.0 Å². The van der Waals surface area contributed by atoms with Crippen LogP contribution < -0.4 is 15.4 Å². The van der Waals surface area contributed by atoms with E-state index < -0.39 is 0 Å². The Kier molecular flexibility index (Phi) is 9.87.